The van der Waals surface area contributed by atoms with Gasteiger partial charge in [-0.05, 0) is 55.9 Å². The molecule has 1 aliphatic carbocycles. The number of amides is 1. The third-order valence-electron chi connectivity index (χ3n) is 3.42. The van der Waals surface area contributed by atoms with Crippen molar-refractivity contribution in [3.05, 3.63) is 34.9 Å². The van der Waals surface area contributed by atoms with Gasteiger partial charge in [-0.15, -0.1) is 0 Å². The van der Waals surface area contributed by atoms with E-state index in [4.69, 9.17) is 0 Å². The Kier molecular flexibility index (Phi) is 4.44. The Morgan fingerprint density at radius 2 is 2.06 bits per heavy atom. The van der Waals surface area contributed by atoms with Crippen LogP contribution in [0.5, 0.6) is 0 Å². The second-order valence-corrected chi connectivity index (χ2v) is 6.79. The van der Waals surface area contributed by atoms with Crippen molar-refractivity contribution in [1.29, 1.82) is 0 Å². The van der Waals surface area contributed by atoms with Crippen molar-refractivity contribution in [1.82, 2.24) is 5.32 Å². The summed E-state index contributed by atoms with van der Waals surface area (Å²) in [4.78, 5) is 12.5. The molecule has 1 amide bonds. The number of carbonyl (C=O) groups is 1. The van der Waals surface area contributed by atoms with Gasteiger partial charge in [0, 0.05) is 16.4 Å². The van der Waals surface area contributed by atoms with Crippen LogP contribution < -0.4 is 5.32 Å². The number of rotatable bonds is 4. The van der Waals surface area contributed by atoms with E-state index >= 15 is 0 Å². The molecule has 0 bridgehead atoms. The van der Waals surface area contributed by atoms with E-state index in [1.165, 1.54) is 17.5 Å². The highest BCUT2D eigenvalue weighted by atomic mass is 79.9. The van der Waals surface area contributed by atoms with Crippen molar-refractivity contribution in [3.8, 4) is 0 Å². The Morgan fingerprint density at radius 3 is 2.78 bits per heavy atom. The van der Waals surface area contributed by atoms with Crippen LogP contribution in [0.2, 0.25) is 0 Å². The molecule has 0 aromatic heterocycles. The molecule has 0 heterocycles. The molecule has 2 rings (SSSR count). The van der Waals surface area contributed by atoms with Gasteiger partial charge in [-0.25, -0.2) is 0 Å². The molecule has 1 aliphatic rings. The summed E-state index contributed by atoms with van der Waals surface area (Å²) < 4.78 is 0. The van der Waals surface area contributed by atoms with Gasteiger partial charge in [0.2, 0.25) is 0 Å². The fraction of sp³-hybridized carbons (Fsp3) is 0.533. The van der Waals surface area contributed by atoms with Gasteiger partial charge in [0.1, 0.15) is 0 Å². The lowest BCUT2D eigenvalue weighted by Gasteiger charge is -2.15. The average Bonchev–Trinajstić information content (AvgIpc) is 2.74. The molecule has 1 aromatic carbocycles. The third kappa shape index (κ3) is 3.35. The number of alkyl halides is 1. The number of hydrogen-bond acceptors (Lipinski definition) is 1. The molecule has 0 radical (unpaired) electrons. The molecule has 0 fully saturated rings. The van der Waals surface area contributed by atoms with Gasteiger partial charge in [0.05, 0.1) is 0 Å². The minimum absolute atomic E-state index is 0.0466. The van der Waals surface area contributed by atoms with Crippen LogP contribution >= 0.6 is 15.9 Å². The fourth-order valence-electron chi connectivity index (χ4n) is 2.57. The zero-order chi connectivity index (χ0) is 13.1. The van der Waals surface area contributed by atoms with Gasteiger partial charge in [-0.3, -0.25) is 4.79 Å². The first-order valence-electron chi connectivity index (χ1n) is 6.63. The van der Waals surface area contributed by atoms with Crippen LogP contribution in [0.15, 0.2) is 18.2 Å². The van der Waals surface area contributed by atoms with Gasteiger partial charge >= 0.3 is 0 Å². The first-order chi connectivity index (χ1) is 8.56. The lowest BCUT2D eigenvalue weighted by Crippen LogP contribution is -2.33. The first-order valence-corrected chi connectivity index (χ1v) is 7.54. The molecule has 1 aromatic rings. The van der Waals surface area contributed by atoms with Crippen LogP contribution in [0.1, 0.15) is 48.2 Å². The zero-order valence-electron chi connectivity index (χ0n) is 11.0. The molecule has 2 atom stereocenters. The van der Waals surface area contributed by atoms with E-state index in [1.54, 1.807) is 0 Å². The van der Waals surface area contributed by atoms with E-state index in [0.29, 0.717) is 4.83 Å². The van der Waals surface area contributed by atoms with E-state index < -0.39 is 0 Å². The molecule has 0 aliphatic heterocycles. The Labute approximate surface area is 117 Å². The first kappa shape index (κ1) is 13.6. The summed E-state index contributed by atoms with van der Waals surface area (Å²) >= 11 is 3.51. The lowest BCUT2D eigenvalue weighted by molar-refractivity contribution is 0.0938. The normalized spacial score (nSPS) is 17.1. The molecular formula is C15H20BrNO. The molecule has 0 saturated carbocycles. The standard InChI is InChI=1S/C15H20BrNO/c1-10(16)8-11(2)17-15(18)14-7-6-12-4-3-5-13(12)9-14/h6-7,9-11H,3-5,8H2,1-2H3,(H,17,18). The quantitative estimate of drug-likeness (QED) is 0.848. The minimum Gasteiger partial charge on any atom is -0.350 e. The second-order valence-electron chi connectivity index (χ2n) is 5.23. The highest BCUT2D eigenvalue weighted by Gasteiger charge is 2.15. The second kappa shape index (κ2) is 5.87. The molecule has 1 N–H and O–H groups in total. The van der Waals surface area contributed by atoms with E-state index in [9.17, 15) is 4.79 Å². The van der Waals surface area contributed by atoms with Crippen molar-refractivity contribution in [2.24, 2.45) is 0 Å². The van der Waals surface area contributed by atoms with Crippen LogP contribution in [0.25, 0.3) is 0 Å². The van der Waals surface area contributed by atoms with Gasteiger partial charge < -0.3 is 5.32 Å². The average molecular weight is 310 g/mol. The summed E-state index contributed by atoms with van der Waals surface area (Å²) in [6.45, 7) is 4.14. The SMILES string of the molecule is CC(Br)CC(C)NC(=O)c1ccc2c(c1)CCC2. The molecule has 98 valence electrons. The lowest BCUT2D eigenvalue weighted by atomic mass is 10.1. The maximum Gasteiger partial charge on any atom is 0.251 e. The summed E-state index contributed by atoms with van der Waals surface area (Å²) in [7, 11) is 0. The Balaban J connectivity index is 2.01. The number of carbonyl (C=O) groups excluding carboxylic acids is 1. The summed E-state index contributed by atoms with van der Waals surface area (Å²) in [5.41, 5.74) is 3.56. The van der Waals surface area contributed by atoms with E-state index in [1.807, 2.05) is 13.0 Å². The van der Waals surface area contributed by atoms with Gasteiger partial charge in [0.25, 0.3) is 5.91 Å². The predicted octanol–water partition coefficient (Wildman–Crippen LogP) is 3.47. The van der Waals surface area contributed by atoms with Gasteiger partial charge in [-0.1, -0.05) is 28.9 Å². The monoisotopic (exact) mass is 309 g/mol. The zero-order valence-corrected chi connectivity index (χ0v) is 12.6. The van der Waals surface area contributed by atoms with Crippen molar-refractivity contribution in [2.45, 2.75) is 50.4 Å². The maximum atomic E-state index is 12.1. The number of hydrogen-bond donors (Lipinski definition) is 1. The summed E-state index contributed by atoms with van der Waals surface area (Å²) in [6, 6.07) is 6.31. The number of fused-ring (bicyclic) bond motifs is 1. The Hall–Kier alpha value is -0.830. The predicted molar refractivity (Wildman–Crippen MR) is 78.4 cm³/mol. The van der Waals surface area contributed by atoms with Crippen LogP contribution in [0.4, 0.5) is 0 Å². The molecule has 18 heavy (non-hydrogen) atoms. The third-order valence-corrected chi connectivity index (χ3v) is 3.79. The van der Waals surface area contributed by atoms with Gasteiger partial charge in [-0.2, -0.15) is 0 Å². The summed E-state index contributed by atoms with van der Waals surface area (Å²) in [5.74, 6) is 0.0466. The van der Waals surface area contributed by atoms with Crippen molar-refractivity contribution >= 4 is 21.8 Å². The fourth-order valence-corrected chi connectivity index (χ4v) is 3.13. The highest BCUT2D eigenvalue weighted by molar-refractivity contribution is 9.09. The van der Waals surface area contributed by atoms with E-state index in [0.717, 1.165) is 24.8 Å². The van der Waals surface area contributed by atoms with Crippen LogP contribution in [-0.2, 0) is 12.8 Å². The van der Waals surface area contributed by atoms with Gasteiger partial charge in [0.15, 0.2) is 0 Å². The van der Waals surface area contributed by atoms with Crippen molar-refractivity contribution < 1.29 is 4.79 Å². The summed E-state index contributed by atoms with van der Waals surface area (Å²) in [5, 5.41) is 3.05. The molecule has 3 heteroatoms. The van der Waals surface area contributed by atoms with Crippen LogP contribution in [0, 0.1) is 0 Å². The molecule has 0 saturated heterocycles. The molecule has 2 nitrogen and oxygen atoms in total. The molecule has 2 unspecified atom stereocenters. The number of aryl methyl sites for hydroxylation is 2. The van der Waals surface area contributed by atoms with E-state index in [2.05, 4.69) is 40.3 Å². The Morgan fingerprint density at radius 1 is 1.33 bits per heavy atom. The van der Waals surface area contributed by atoms with Crippen LogP contribution in [0.3, 0.4) is 0 Å². The number of benzene rings is 1. The van der Waals surface area contributed by atoms with E-state index in [-0.39, 0.29) is 11.9 Å². The maximum absolute atomic E-state index is 12.1. The van der Waals surface area contributed by atoms with Crippen LogP contribution in [-0.4, -0.2) is 16.8 Å². The topological polar surface area (TPSA) is 29.1 Å². The number of halogens is 1. The molecule has 0 spiro atoms. The Bertz CT molecular complexity index is 442. The number of nitrogens with one attached hydrogen (secondary N) is 1. The smallest absolute Gasteiger partial charge is 0.251 e. The van der Waals surface area contributed by atoms with Crippen molar-refractivity contribution in [2.75, 3.05) is 0 Å². The molecular weight excluding hydrogens is 290 g/mol. The minimum atomic E-state index is 0.0466. The van der Waals surface area contributed by atoms with Crippen molar-refractivity contribution in [3.63, 3.8) is 0 Å². The largest absolute Gasteiger partial charge is 0.350 e. The summed E-state index contributed by atoms with van der Waals surface area (Å²) in [6.07, 6.45) is 4.44. The highest BCUT2D eigenvalue weighted by Crippen LogP contribution is 2.22.